The summed E-state index contributed by atoms with van der Waals surface area (Å²) in [5.41, 5.74) is 0.387. The summed E-state index contributed by atoms with van der Waals surface area (Å²) in [6.07, 6.45) is 3.03. The van der Waals surface area contributed by atoms with Crippen LogP contribution in [0, 0.1) is 0 Å². The Morgan fingerprint density at radius 1 is 1.54 bits per heavy atom. The van der Waals surface area contributed by atoms with Gasteiger partial charge in [0.1, 0.15) is 13.6 Å². The second-order valence-electron chi connectivity index (χ2n) is 2.54. The zero-order valence-corrected chi connectivity index (χ0v) is 7.51. The van der Waals surface area contributed by atoms with Gasteiger partial charge in [0.15, 0.2) is 0 Å². The number of ether oxygens (including phenoxy) is 1. The van der Waals surface area contributed by atoms with Gasteiger partial charge in [0.05, 0.1) is 0 Å². The Balaban J connectivity index is 2.29. The lowest BCUT2D eigenvalue weighted by atomic mass is 9.94. The Morgan fingerprint density at radius 2 is 2.38 bits per heavy atom. The number of cyclic esters (lactones) is 1. The van der Waals surface area contributed by atoms with Gasteiger partial charge in [-0.1, -0.05) is 6.07 Å². The highest BCUT2D eigenvalue weighted by Gasteiger charge is 2.15. The van der Waals surface area contributed by atoms with Gasteiger partial charge >= 0.3 is 5.97 Å². The molecule has 2 radical (unpaired) electrons. The molecule has 0 atom stereocenters. The van der Waals surface area contributed by atoms with Crippen molar-refractivity contribution in [2.24, 2.45) is 0 Å². The first-order chi connectivity index (χ1) is 6.25. The molecule has 2 nitrogen and oxygen atoms in total. The predicted molar refractivity (Wildman–Crippen MR) is 52.2 cm³/mol. The minimum absolute atomic E-state index is 0.387. The largest absolute Gasteiger partial charge is 0.424 e. The molecular formula is C9H5BO2S. The van der Waals surface area contributed by atoms with Crippen LogP contribution in [0.5, 0.6) is 0 Å². The van der Waals surface area contributed by atoms with Crippen LogP contribution in [0.25, 0.3) is 6.08 Å². The first kappa shape index (κ1) is 8.32. The van der Waals surface area contributed by atoms with Crippen molar-refractivity contribution >= 4 is 31.2 Å². The van der Waals surface area contributed by atoms with Gasteiger partial charge in [-0.15, -0.1) is 11.3 Å². The lowest BCUT2D eigenvalue weighted by molar-refractivity contribution is -0.132. The highest BCUT2D eigenvalue weighted by atomic mass is 32.1. The monoisotopic (exact) mass is 188 g/mol. The Bertz CT molecular complexity index is 390. The van der Waals surface area contributed by atoms with E-state index in [-0.39, 0.29) is 0 Å². The molecule has 0 aliphatic carbocycles. The first-order valence-electron chi connectivity index (χ1n) is 3.70. The SMILES string of the molecule is [B]C1=CC(=O)O/C1=C\c1cccs1. The van der Waals surface area contributed by atoms with Crippen LogP contribution in [0.4, 0.5) is 0 Å². The fourth-order valence-corrected chi connectivity index (χ4v) is 1.66. The third-order valence-corrected chi connectivity index (χ3v) is 2.40. The first-order valence-corrected chi connectivity index (χ1v) is 4.58. The summed E-state index contributed by atoms with van der Waals surface area (Å²) in [7, 11) is 5.54. The second-order valence-corrected chi connectivity index (χ2v) is 3.52. The average molecular weight is 188 g/mol. The topological polar surface area (TPSA) is 26.3 Å². The highest BCUT2D eigenvalue weighted by molar-refractivity contribution is 7.10. The molecular weight excluding hydrogens is 183 g/mol. The van der Waals surface area contributed by atoms with E-state index >= 15 is 0 Å². The highest BCUT2D eigenvalue weighted by Crippen LogP contribution is 2.21. The number of esters is 1. The van der Waals surface area contributed by atoms with E-state index in [9.17, 15) is 4.79 Å². The van der Waals surface area contributed by atoms with Crippen molar-refractivity contribution in [1.82, 2.24) is 0 Å². The van der Waals surface area contributed by atoms with Crippen molar-refractivity contribution in [3.8, 4) is 0 Å². The molecule has 4 heteroatoms. The maximum absolute atomic E-state index is 10.8. The van der Waals surface area contributed by atoms with E-state index in [0.29, 0.717) is 11.2 Å². The molecule has 0 N–H and O–H groups in total. The van der Waals surface area contributed by atoms with Gasteiger partial charge in [-0.25, -0.2) is 4.79 Å². The Kier molecular flexibility index (Phi) is 2.06. The molecule has 0 aromatic carbocycles. The molecule has 0 fully saturated rings. The van der Waals surface area contributed by atoms with Crippen LogP contribution in [-0.4, -0.2) is 13.8 Å². The Hall–Kier alpha value is -1.29. The quantitative estimate of drug-likeness (QED) is 0.495. The van der Waals surface area contributed by atoms with Crippen molar-refractivity contribution in [1.29, 1.82) is 0 Å². The van der Waals surface area contributed by atoms with E-state index in [1.807, 2.05) is 17.5 Å². The molecule has 1 aromatic heterocycles. The normalized spacial score (nSPS) is 18.9. The molecule has 0 bridgehead atoms. The lowest BCUT2D eigenvalue weighted by Crippen LogP contribution is -1.90. The van der Waals surface area contributed by atoms with Crippen molar-refractivity contribution in [2.45, 2.75) is 0 Å². The molecule has 1 aliphatic heterocycles. The van der Waals surface area contributed by atoms with Gasteiger partial charge in [-0.2, -0.15) is 0 Å². The molecule has 13 heavy (non-hydrogen) atoms. The van der Waals surface area contributed by atoms with E-state index in [1.165, 1.54) is 6.08 Å². The molecule has 62 valence electrons. The van der Waals surface area contributed by atoms with Crippen LogP contribution >= 0.6 is 11.3 Å². The molecule has 0 unspecified atom stereocenters. The summed E-state index contributed by atoms with van der Waals surface area (Å²) in [5.74, 6) is 0.0350. The molecule has 0 saturated heterocycles. The smallest absolute Gasteiger partial charge is 0.335 e. The minimum Gasteiger partial charge on any atom is -0.424 e. The summed E-state index contributed by atoms with van der Waals surface area (Å²) in [4.78, 5) is 11.8. The van der Waals surface area contributed by atoms with Crippen LogP contribution in [0.2, 0.25) is 0 Å². The number of rotatable bonds is 1. The number of carbonyl (C=O) groups excluding carboxylic acids is 1. The van der Waals surface area contributed by atoms with Crippen molar-refractivity contribution in [2.75, 3.05) is 0 Å². The van der Waals surface area contributed by atoms with E-state index < -0.39 is 5.97 Å². The van der Waals surface area contributed by atoms with Crippen molar-refractivity contribution in [3.63, 3.8) is 0 Å². The maximum Gasteiger partial charge on any atom is 0.335 e. The van der Waals surface area contributed by atoms with Gasteiger partial charge in [-0.05, 0) is 23.0 Å². The molecule has 0 spiro atoms. The maximum atomic E-state index is 10.8. The van der Waals surface area contributed by atoms with E-state index in [4.69, 9.17) is 12.6 Å². The molecule has 2 heterocycles. The summed E-state index contributed by atoms with van der Waals surface area (Å²) >= 11 is 1.56. The summed E-state index contributed by atoms with van der Waals surface area (Å²) < 4.78 is 4.86. The summed E-state index contributed by atoms with van der Waals surface area (Å²) in [5, 5.41) is 1.95. The standard InChI is InChI=1S/C9H5BO2S/c10-7-5-9(11)12-8(7)4-6-2-1-3-13-6/h1-5H/b8-4-. The zero-order valence-electron chi connectivity index (χ0n) is 6.69. The zero-order chi connectivity index (χ0) is 9.26. The Labute approximate surface area is 80.9 Å². The van der Waals surface area contributed by atoms with E-state index in [0.717, 1.165) is 4.88 Å². The van der Waals surface area contributed by atoms with Gasteiger partial charge in [0.25, 0.3) is 0 Å². The van der Waals surface area contributed by atoms with Crippen molar-refractivity contribution in [3.05, 3.63) is 39.7 Å². The number of thiophene rings is 1. The fraction of sp³-hybridized carbons (Fsp3) is 0. The molecule has 1 aliphatic rings. The van der Waals surface area contributed by atoms with E-state index in [1.54, 1.807) is 17.4 Å². The molecule has 2 rings (SSSR count). The predicted octanol–water partition coefficient (Wildman–Crippen LogP) is 1.70. The van der Waals surface area contributed by atoms with Crippen LogP contribution in [0.1, 0.15) is 4.88 Å². The Morgan fingerprint density at radius 3 is 2.92 bits per heavy atom. The molecule has 0 saturated carbocycles. The lowest BCUT2D eigenvalue weighted by Gasteiger charge is -1.97. The number of hydrogen-bond donors (Lipinski definition) is 0. The van der Waals surface area contributed by atoms with Gasteiger partial charge in [0, 0.05) is 11.0 Å². The number of carbonyl (C=O) groups is 1. The molecule has 1 aromatic rings. The third kappa shape index (κ3) is 1.73. The third-order valence-electron chi connectivity index (χ3n) is 1.58. The van der Waals surface area contributed by atoms with Gasteiger partial charge < -0.3 is 4.74 Å². The van der Waals surface area contributed by atoms with Crippen LogP contribution in [0.3, 0.4) is 0 Å². The van der Waals surface area contributed by atoms with Crippen molar-refractivity contribution < 1.29 is 9.53 Å². The number of hydrogen-bond acceptors (Lipinski definition) is 3. The van der Waals surface area contributed by atoms with Crippen LogP contribution < -0.4 is 0 Å². The number of allylic oxidation sites excluding steroid dienone is 1. The fourth-order valence-electron chi connectivity index (χ4n) is 1.01. The second kappa shape index (κ2) is 3.22. The summed E-state index contributed by atoms with van der Waals surface area (Å²) in [6, 6.07) is 3.85. The minimum atomic E-state index is -0.402. The van der Waals surface area contributed by atoms with Crippen LogP contribution in [-0.2, 0) is 9.53 Å². The van der Waals surface area contributed by atoms with E-state index in [2.05, 4.69) is 0 Å². The van der Waals surface area contributed by atoms with Crippen LogP contribution in [0.15, 0.2) is 34.8 Å². The van der Waals surface area contributed by atoms with Gasteiger partial charge in [0.2, 0.25) is 0 Å². The summed E-state index contributed by atoms with van der Waals surface area (Å²) in [6.45, 7) is 0. The molecule has 0 amide bonds. The van der Waals surface area contributed by atoms with Gasteiger partial charge in [-0.3, -0.25) is 0 Å². The average Bonchev–Trinajstić information content (AvgIpc) is 2.63.